The molecule has 3 aliphatic heterocycles. The standard InChI is InChI=1S/C27H18N2S2/c1-2-11-22(12-3-1)28-18-21-10-7-14-24-19-9-6-13-23(16-19)29-17-20-8-4-5-15-25(20)30-27(28,29)31-26(21)24/h1-18H/q+2. The topological polar surface area (TPSA) is 6.02 Å². The van der Waals surface area contributed by atoms with Gasteiger partial charge in [0.1, 0.15) is 0 Å². The molecule has 3 aliphatic rings. The van der Waals surface area contributed by atoms with Crippen LogP contribution in [0, 0.1) is 0 Å². The summed E-state index contributed by atoms with van der Waals surface area (Å²) in [6, 6.07) is 35.1. The molecule has 0 saturated heterocycles. The molecule has 146 valence electrons. The maximum atomic E-state index is 2.45. The monoisotopic (exact) mass is 434 g/mol. The zero-order valence-corrected chi connectivity index (χ0v) is 18.2. The number of hydrogen-bond acceptors (Lipinski definition) is 2. The first-order valence-corrected chi connectivity index (χ1v) is 12.0. The Hall–Kier alpha value is -3.08. The smallest absolute Gasteiger partial charge is 0.114 e. The fourth-order valence-corrected chi connectivity index (χ4v) is 7.80. The molecule has 4 aromatic carbocycles. The maximum absolute atomic E-state index is 2.45. The van der Waals surface area contributed by atoms with Crippen molar-refractivity contribution in [1.29, 1.82) is 0 Å². The van der Waals surface area contributed by atoms with Crippen LogP contribution in [-0.2, 0) is 0 Å². The van der Waals surface area contributed by atoms with Crippen molar-refractivity contribution in [3.8, 4) is 11.1 Å². The van der Waals surface area contributed by atoms with E-state index in [-0.39, 0.29) is 0 Å². The molecule has 0 amide bonds. The Balaban J connectivity index is 1.63. The van der Waals surface area contributed by atoms with E-state index >= 15 is 0 Å². The Bertz CT molecular complexity index is 1440. The van der Waals surface area contributed by atoms with Gasteiger partial charge in [-0.15, -0.1) is 9.15 Å². The summed E-state index contributed by atoms with van der Waals surface area (Å²) in [6.45, 7) is 0. The summed E-state index contributed by atoms with van der Waals surface area (Å²) >= 11 is 3.88. The molecule has 4 bridgehead atoms. The van der Waals surface area contributed by atoms with Gasteiger partial charge in [-0.05, 0) is 29.3 Å². The molecular formula is C27H18N2S2+2. The minimum Gasteiger partial charge on any atom is -0.114 e. The lowest BCUT2D eigenvalue weighted by Gasteiger charge is -2.33. The van der Waals surface area contributed by atoms with Crippen LogP contribution >= 0.6 is 23.5 Å². The molecule has 3 heterocycles. The van der Waals surface area contributed by atoms with Crippen LogP contribution in [0.4, 0.5) is 11.4 Å². The van der Waals surface area contributed by atoms with Gasteiger partial charge >= 0.3 is 4.33 Å². The lowest BCUT2D eigenvalue weighted by molar-refractivity contribution is -0.690. The van der Waals surface area contributed by atoms with Gasteiger partial charge in [0.2, 0.25) is 11.4 Å². The highest BCUT2D eigenvalue weighted by Crippen LogP contribution is 2.58. The molecule has 0 N–H and O–H groups in total. The number of benzene rings is 4. The lowest BCUT2D eigenvalue weighted by atomic mass is 10.0. The third-order valence-electron chi connectivity index (χ3n) is 6.06. The fraction of sp³-hybridized carbons (Fsp3) is 0.0370. The molecule has 1 unspecified atom stereocenters. The van der Waals surface area contributed by atoms with E-state index in [1.54, 1.807) is 0 Å². The van der Waals surface area contributed by atoms with Gasteiger partial charge in [0, 0.05) is 57.6 Å². The van der Waals surface area contributed by atoms with Gasteiger partial charge in [0.15, 0.2) is 12.4 Å². The number of hydrogen-bond donors (Lipinski definition) is 0. The second-order valence-corrected chi connectivity index (χ2v) is 10.6. The highest BCUT2D eigenvalue weighted by Gasteiger charge is 2.61. The van der Waals surface area contributed by atoms with Crippen molar-refractivity contribution in [3.63, 3.8) is 0 Å². The lowest BCUT2D eigenvalue weighted by Crippen LogP contribution is -2.47. The van der Waals surface area contributed by atoms with Crippen LogP contribution in [0.1, 0.15) is 11.1 Å². The number of para-hydroxylation sites is 1. The Morgan fingerprint density at radius 2 is 1.29 bits per heavy atom. The van der Waals surface area contributed by atoms with Crippen LogP contribution in [0.5, 0.6) is 0 Å². The van der Waals surface area contributed by atoms with Crippen LogP contribution in [0.15, 0.2) is 107 Å². The zero-order valence-electron chi connectivity index (χ0n) is 16.6. The summed E-state index contributed by atoms with van der Waals surface area (Å²) < 4.78 is 4.51. The predicted octanol–water partition coefficient (Wildman–Crippen LogP) is 6.72. The number of fused-ring (bicyclic) bond motifs is 5. The highest BCUT2D eigenvalue weighted by atomic mass is 32.2. The third kappa shape index (κ3) is 2.49. The van der Waals surface area contributed by atoms with E-state index in [0.717, 1.165) is 0 Å². The van der Waals surface area contributed by atoms with Crippen LogP contribution in [0.3, 0.4) is 0 Å². The van der Waals surface area contributed by atoms with Gasteiger partial charge < -0.3 is 0 Å². The molecular weight excluding hydrogens is 416 g/mol. The quantitative estimate of drug-likeness (QED) is 0.307. The third-order valence-corrected chi connectivity index (χ3v) is 9.13. The Morgan fingerprint density at radius 1 is 0.581 bits per heavy atom. The zero-order chi connectivity index (χ0) is 20.4. The second kappa shape index (κ2) is 6.46. The summed E-state index contributed by atoms with van der Waals surface area (Å²) in [4.78, 5) is 2.65. The highest BCUT2D eigenvalue weighted by molar-refractivity contribution is 8.17. The van der Waals surface area contributed by atoms with Crippen molar-refractivity contribution in [2.45, 2.75) is 14.1 Å². The first kappa shape index (κ1) is 17.6. The molecule has 7 rings (SSSR count). The van der Waals surface area contributed by atoms with E-state index in [1.807, 2.05) is 23.5 Å². The predicted molar refractivity (Wildman–Crippen MR) is 129 cm³/mol. The van der Waals surface area contributed by atoms with E-state index in [9.17, 15) is 0 Å². The average Bonchev–Trinajstić information content (AvgIpc) is 2.83. The normalized spacial score (nSPS) is 19.9. The number of rotatable bonds is 1. The van der Waals surface area contributed by atoms with E-state index in [4.69, 9.17) is 0 Å². The number of thioether (sulfide) groups is 2. The van der Waals surface area contributed by atoms with Crippen molar-refractivity contribution in [2.75, 3.05) is 0 Å². The summed E-state index contributed by atoms with van der Waals surface area (Å²) in [5, 5.41) is 0. The summed E-state index contributed by atoms with van der Waals surface area (Å²) in [6.07, 6.45) is 4.65. The summed E-state index contributed by atoms with van der Waals surface area (Å²) in [7, 11) is 0. The van der Waals surface area contributed by atoms with E-state index in [1.165, 1.54) is 43.4 Å². The molecule has 0 radical (unpaired) electrons. The van der Waals surface area contributed by atoms with Gasteiger partial charge in [0.25, 0.3) is 0 Å². The van der Waals surface area contributed by atoms with Crippen molar-refractivity contribution in [3.05, 3.63) is 108 Å². The Morgan fingerprint density at radius 3 is 2.23 bits per heavy atom. The largest absolute Gasteiger partial charge is 0.470 e. The molecule has 0 aromatic heterocycles. The van der Waals surface area contributed by atoms with Gasteiger partial charge in [-0.25, -0.2) is 0 Å². The van der Waals surface area contributed by atoms with Crippen LogP contribution < -0.4 is 0 Å². The molecule has 0 fully saturated rings. The van der Waals surface area contributed by atoms with E-state index < -0.39 is 4.33 Å². The van der Waals surface area contributed by atoms with Crippen molar-refractivity contribution in [1.82, 2.24) is 0 Å². The van der Waals surface area contributed by atoms with Crippen LogP contribution in [0.2, 0.25) is 0 Å². The molecule has 0 aliphatic carbocycles. The van der Waals surface area contributed by atoms with Gasteiger partial charge in [0.05, 0.1) is 11.1 Å². The molecule has 4 aromatic rings. The first-order valence-electron chi connectivity index (χ1n) is 10.4. The molecule has 4 heteroatoms. The minimum absolute atomic E-state index is 0.391. The van der Waals surface area contributed by atoms with Gasteiger partial charge in [-0.3, -0.25) is 0 Å². The average molecular weight is 435 g/mol. The van der Waals surface area contributed by atoms with E-state index in [0.29, 0.717) is 0 Å². The Labute approximate surface area is 189 Å². The maximum Gasteiger partial charge on any atom is 0.470 e. The van der Waals surface area contributed by atoms with Crippen LogP contribution in [-0.4, -0.2) is 25.9 Å². The summed E-state index contributed by atoms with van der Waals surface area (Å²) in [5.74, 6) is 0. The Kier molecular flexibility index (Phi) is 3.66. The van der Waals surface area contributed by atoms with Crippen LogP contribution in [0.25, 0.3) is 11.1 Å². The molecule has 1 atom stereocenters. The first-order chi connectivity index (χ1) is 15.3. The van der Waals surface area contributed by atoms with Crippen molar-refractivity contribution in [2.24, 2.45) is 0 Å². The van der Waals surface area contributed by atoms with Gasteiger partial charge in [-0.1, -0.05) is 54.6 Å². The number of nitrogens with zero attached hydrogens (tertiary/aromatic N) is 2. The van der Waals surface area contributed by atoms with Crippen molar-refractivity contribution >= 4 is 47.3 Å². The SMILES string of the molecule is C1=[N+](c2ccccc2)C23Sc4ccccc4C=[N+]2c2cccc(c2)-c2cccc1c2S3. The van der Waals surface area contributed by atoms with Gasteiger partial charge in [-0.2, -0.15) is 0 Å². The summed E-state index contributed by atoms with van der Waals surface area (Å²) in [5.41, 5.74) is 7.51. The molecule has 31 heavy (non-hydrogen) atoms. The fourth-order valence-electron chi connectivity index (χ4n) is 4.62. The second-order valence-electron chi connectivity index (χ2n) is 7.90. The molecule has 0 saturated carbocycles. The van der Waals surface area contributed by atoms with Crippen molar-refractivity contribution < 1.29 is 9.15 Å². The molecule has 1 spiro atoms. The van der Waals surface area contributed by atoms with E-state index in [2.05, 4.69) is 119 Å². The molecule has 2 nitrogen and oxygen atoms in total. The minimum atomic E-state index is -0.391.